The molecule has 0 aromatic carbocycles. The highest BCUT2D eigenvalue weighted by molar-refractivity contribution is 7.97. The van der Waals surface area contributed by atoms with Crippen molar-refractivity contribution in [2.45, 2.75) is 12.8 Å². The summed E-state index contributed by atoms with van der Waals surface area (Å²) in [7, 11) is 0. The Morgan fingerprint density at radius 1 is 1.44 bits per heavy atom. The summed E-state index contributed by atoms with van der Waals surface area (Å²) in [6.07, 6.45) is 1.15. The third kappa shape index (κ3) is 1.71. The zero-order valence-corrected chi connectivity index (χ0v) is 5.61. The Kier molecular flexibility index (Phi) is 2.10. The topological polar surface area (TPSA) is 48.2 Å². The molecule has 0 aliphatic carbocycles. The minimum atomic E-state index is -0.572. The van der Waals surface area contributed by atoms with Gasteiger partial charge in [-0.1, -0.05) is 0 Å². The SMILES string of the molecule is O=C1CCCS[N]C1=O. The van der Waals surface area contributed by atoms with E-state index in [9.17, 15) is 9.59 Å². The fraction of sp³-hybridized carbons (Fsp3) is 0.600. The van der Waals surface area contributed by atoms with Crippen LogP contribution in [0.4, 0.5) is 0 Å². The maximum Gasteiger partial charge on any atom is 0.319 e. The molecule has 0 aromatic rings. The summed E-state index contributed by atoms with van der Waals surface area (Å²) in [5.41, 5.74) is 0. The number of nitrogens with zero attached hydrogens (tertiary/aromatic N) is 1. The number of Topliss-reactive ketones (excluding diaryl/α,β-unsaturated/α-hetero) is 1. The van der Waals surface area contributed by atoms with Crippen LogP contribution < -0.4 is 4.72 Å². The number of rotatable bonds is 0. The van der Waals surface area contributed by atoms with Gasteiger partial charge in [-0.2, -0.15) is 4.72 Å². The van der Waals surface area contributed by atoms with E-state index in [0.29, 0.717) is 6.42 Å². The van der Waals surface area contributed by atoms with Crippen LogP contribution in [0.1, 0.15) is 12.8 Å². The average Bonchev–Trinajstić information content (AvgIpc) is 1.99. The van der Waals surface area contributed by atoms with E-state index in [-0.39, 0.29) is 5.78 Å². The van der Waals surface area contributed by atoms with Crippen molar-refractivity contribution < 1.29 is 9.59 Å². The molecular formula is C5H6NO2S. The molecule has 1 rings (SSSR count). The third-order valence-corrected chi connectivity index (χ3v) is 1.79. The quantitative estimate of drug-likeness (QED) is 0.358. The normalized spacial score (nSPS) is 20.9. The molecular weight excluding hydrogens is 138 g/mol. The van der Waals surface area contributed by atoms with Crippen LogP contribution in [0.2, 0.25) is 0 Å². The summed E-state index contributed by atoms with van der Waals surface area (Å²) in [5, 5.41) is 0. The fourth-order valence-electron chi connectivity index (χ4n) is 0.559. The van der Waals surface area contributed by atoms with Crippen molar-refractivity contribution in [1.82, 2.24) is 4.72 Å². The number of ketones is 1. The van der Waals surface area contributed by atoms with Crippen molar-refractivity contribution >= 4 is 23.6 Å². The zero-order chi connectivity index (χ0) is 6.69. The standard InChI is InChI=1S/C5H6NO2S/c7-4-2-1-3-9-6-5(4)8/h1-3H2. The van der Waals surface area contributed by atoms with Gasteiger partial charge in [0, 0.05) is 12.2 Å². The highest BCUT2D eigenvalue weighted by Gasteiger charge is 2.17. The van der Waals surface area contributed by atoms with Crippen LogP contribution in [0.25, 0.3) is 0 Å². The molecule has 0 unspecified atom stereocenters. The Balaban J connectivity index is 2.51. The second-order valence-corrected chi connectivity index (χ2v) is 2.61. The van der Waals surface area contributed by atoms with E-state index in [1.807, 2.05) is 0 Å². The Labute approximate surface area is 57.3 Å². The third-order valence-electron chi connectivity index (χ3n) is 1.03. The van der Waals surface area contributed by atoms with E-state index in [0.717, 1.165) is 12.2 Å². The molecule has 0 N–H and O–H groups in total. The molecule has 1 aliphatic rings. The molecule has 4 heteroatoms. The lowest BCUT2D eigenvalue weighted by atomic mass is 10.2. The predicted octanol–water partition coefficient (Wildman–Crippen LogP) is 0.129. The summed E-state index contributed by atoms with van der Waals surface area (Å²) in [4.78, 5) is 21.0. The molecule has 1 fully saturated rings. The van der Waals surface area contributed by atoms with E-state index < -0.39 is 5.91 Å². The molecule has 0 aromatic heterocycles. The van der Waals surface area contributed by atoms with Gasteiger partial charge in [-0.05, 0) is 18.4 Å². The summed E-state index contributed by atoms with van der Waals surface area (Å²) in [6, 6.07) is 0. The van der Waals surface area contributed by atoms with Crippen LogP contribution in [0.5, 0.6) is 0 Å². The monoisotopic (exact) mass is 144 g/mol. The largest absolute Gasteiger partial charge is 0.319 e. The minimum absolute atomic E-state index is 0.347. The van der Waals surface area contributed by atoms with Gasteiger partial charge >= 0.3 is 5.91 Å². The van der Waals surface area contributed by atoms with Gasteiger partial charge in [0.2, 0.25) is 5.78 Å². The van der Waals surface area contributed by atoms with Crippen molar-refractivity contribution in [3.05, 3.63) is 0 Å². The molecule has 1 saturated heterocycles. The molecule has 0 spiro atoms. The highest BCUT2D eigenvalue weighted by Crippen LogP contribution is 2.07. The average molecular weight is 144 g/mol. The first-order valence-electron chi connectivity index (χ1n) is 2.71. The molecule has 3 nitrogen and oxygen atoms in total. The Hall–Kier alpha value is -0.510. The number of hydrogen-bond acceptors (Lipinski definition) is 3. The molecule has 9 heavy (non-hydrogen) atoms. The summed E-state index contributed by atoms with van der Waals surface area (Å²) in [5.74, 6) is -0.130. The lowest BCUT2D eigenvalue weighted by Gasteiger charge is -1.87. The van der Waals surface area contributed by atoms with Gasteiger partial charge in [-0.15, -0.1) is 0 Å². The lowest BCUT2D eigenvalue weighted by Crippen LogP contribution is -2.17. The second-order valence-electron chi connectivity index (χ2n) is 1.76. The Bertz CT molecular complexity index is 130. The van der Waals surface area contributed by atoms with Crippen LogP contribution in [0.15, 0.2) is 0 Å². The van der Waals surface area contributed by atoms with Crippen LogP contribution >= 0.6 is 11.9 Å². The van der Waals surface area contributed by atoms with E-state index in [1.165, 1.54) is 11.9 Å². The number of carbonyl (C=O) groups excluding carboxylic acids is 2. The van der Waals surface area contributed by atoms with E-state index >= 15 is 0 Å². The highest BCUT2D eigenvalue weighted by atomic mass is 32.2. The number of carbonyl (C=O) groups is 2. The molecule has 1 amide bonds. The van der Waals surface area contributed by atoms with E-state index in [1.54, 1.807) is 0 Å². The van der Waals surface area contributed by atoms with Gasteiger partial charge in [0.05, 0.1) is 0 Å². The Morgan fingerprint density at radius 2 is 2.22 bits per heavy atom. The molecule has 49 valence electrons. The van der Waals surface area contributed by atoms with Gasteiger partial charge in [0.15, 0.2) is 0 Å². The first-order chi connectivity index (χ1) is 4.30. The van der Waals surface area contributed by atoms with Gasteiger partial charge < -0.3 is 0 Å². The molecule has 1 heterocycles. The van der Waals surface area contributed by atoms with Crippen molar-refractivity contribution in [2.24, 2.45) is 0 Å². The first-order valence-corrected chi connectivity index (χ1v) is 3.65. The second kappa shape index (κ2) is 2.87. The van der Waals surface area contributed by atoms with E-state index in [4.69, 9.17) is 0 Å². The minimum Gasteiger partial charge on any atom is -0.289 e. The lowest BCUT2D eigenvalue weighted by molar-refractivity contribution is -0.136. The van der Waals surface area contributed by atoms with Gasteiger partial charge in [-0.25, -0.2) is 0 Å². The number of amides is 1. The van der Waals surface area contributed by atoms with Gasteiger partial charge in [0.25, 0.3) is 0 Å². The first kappa shape index (κ1) is 6.61. The van der Waals surface area contributed by atoms with E-state index in [2.05, 4.69) is 4.72 Å². The smallest absolute Gasteiger partial charge is 0.289 e. The molecule has 0 saturated carbocycles. The fourth-order valence-corrected chi connectivity index (χ4v) is 1.14. The van der Waals surface area contributed by atoms with Crippen LogP contribution in [-0.4, -0.2) is 17.4 Å². The van der Waals surface area contributed by atoms with Crippen LogP contribution in [0.3, 0.4) is 0 Å². The van der Waals surface area contributed by atoms with Gasteiger partial charge in [0.1, 0.15) is 0 Å². The van der Waals surface area contributed by atoms with Crippen molar-refractivity contribution in [2.75, 3.05) is 5.75 Å². The summed E-state index contributed by atoms with van der Waals surface area (Å²) < 4.78 is 3.43. The molecule has 1 aliphatic heterocycles. The van der Waals surface area contributed by atoms with Crippen molar-refractivity contribution in [3.8, 4) is 0 Å². The molecule has 1 radical (unpaired) electrons. The summed E-state index contributed by atoms with van der Waals surface area (Å²) in [6.45, 7) is 0. The van der Waals surface area contributed by atoms with Gasteiger partial charge in [-0.3, -0.25) is 9.59 Å². The zero-order valence-electron chi connectivity index (χ0n) is 4.79. The Morgan fingerprint density at radius 3 is 3.00 bits per heavy atom. The molecule has 0 atom stereocenters. The predicted molar refractivity (Wildman–Crippen MR) is 33.8 cm³/mol. The van der Waals surface area contributed by atoms with Crippen molar-refractivity contribution in [3.63, 3.8) is 0 Å². The molecule has 0 bridgehead atoms. The maximum atomic E-state index is 10.6. The van der Waals surface area contributed by atoms with Crippen LogP contribution in [-0.2, 0) is 9.59 Å². The number of hydrogen-bond donors (Lipinski definition) is 0. The maximum absolute atomic E-state index is 10.6. The van der Waals surface area contributed by atoms with Crippen molar-refractivity contribution in [1.29, 1.82) is 0 Å². The van der Waals surface area contributed by atoms with Crippen LogP contribution in [0, 0.1) is 0 Å². The summed E-state index contributed by atoms with van der Waals surface area (Å²) >= 11 is 1.18.